The van der Waals surface area contributed by atoms with Gasteiger partial charge < -0.3 is 28.8 Å². The van der Waals surface area contributed by atoms with Gasteiger partial charge in [0, 0.05) is 31.8 Å². The van der Waals surface area contributed by atoms with Gasteiger partial charge in [0.2, 0.25) is 0 Å². The second kappa shape index (κ2) is 10.2. The first-order valence-corrected chi connectivity index (χ1v) is 8.12. The fourth-order valence-electron chi connectivity index (χ4n) is 2.65. The smallest absolute Gasteiger partial charge is 0.188 e. The molecular formula is C19H28O7. The van der Waals surface area contributed by atoms with Gasteiger partial charge in [-0.2, -0.15) is 0 Å². The molecule has 0 unspecified atom stereocenters. The van der Waals surface area contributed by atoms with Gasteiger partial charge in [-0.1, -0.05) is 6.08 Å². The summed E-state index contributed by atoms with van der Waals surface area (Å²) in [6.07, 6.45) is 2.91. The predicted octanol–water partition coefficient (Wildman–Crippen LogP) is 2.52. The average molecular weight is 368 g/mol. The number of rotatable bonds is 12. The standard InChI is InChI=1S/C19H28O7/c1-7-8-13-16(24-6)15(10-20)18(26-12-23-5)14(9-19(2,3)21)17(13)25-11-22-4/h7,10,21H,1,8-9,11-12H2,2-6H3. The van der Waals surface area contributed by atoms with E-state index in [1.54, 1.807) is 19.9 Å². The van der Waals surface area contributed by atoms with Crippen LogP contribution in [-0.2, 0) is 22.3 Å². The molecule has 1 aromatic carbocycles. The molecule has 0 fully saturated rings. The lowest BCUT2D eigenvalue weighted by Gasteiger charge is -2.26. The Balaban J connectivity index is 3.81. The molecule has 1 N–H and O–H groups in total. The van der Waals surface area contributed by atoms with Crippen molar-refractivity contribution >= 4 is 6.29 Å². The number of carbonyl (C=O) groups is 1. The van der Waals surface area contributed by atoms with E-state index in [-0.39, 0.29) is 31.3 Å². The number of benzene rings is 1. The van der Waals surface area contributed by atoms with Crippen LogP contribution in [-0.4, -0.2) is 51.9 Å². The van der Waals surface area contributed by atoms with Crippen LogP contribution in [0, 0.1) is 0 Å². The maximum atomic E-state index is 11.8. The number of ether oxygens (including phenoxy) is 5. The lowest BCUT2D eigenvalue weighted by atomic mass is 9.91. The molecule has 7 heteroatoms. The first kappa shape index (κ1) is 22.0. The molecule has 0 aromatic heterocycles. The first-order chi connectivity index (χ1) is 12.3. The molecule has 0 spiro atoms. The summed E-state index contributed by atoms with van der Waals surface area (Å²) in [7, 11) is 4.44. The molecule has 0 saturated carbocycles. The summed E-state index contributed by atoms with van der Waals surface area (Å²) >= 11 is 0. The molecule has 1 aromatic rings. The van der Waals surface area contributed by atoms with Crippen molar-refractivity contribution in [1.29, 1.82) is 0 Å². The van der Waals surface area contributed by atoms with Gasteiger partial charge in [-0.3, -0.25) is 4.79 Å². The quantitative estimate of drug-likeness (QED) is 0.345. The average Bonchev–Trinajstić information content (AvgIpc) is 2.58. The largest absolute Gasteiger partial charge is 0.495 e. The van der Waals surface area contributed by atoms with Crippen molar-refractivity contribution in [2.24, 2.45) is 0 Å². The van der Waals surface area contributed by atoms with Crippen molar-refractivity contribution < 1.29 is 33.6 Å². The van der Waals surface area contributed by atoms with Crippen LogP contribution >= 0.6 is 0 Å². The lowest BCUT2D eigenvalue weighted by molar-refractivity contribution is 0.0386. The van der Waals surface area contributed by atoms with Crippen LogP contribution in [0.25, 0.3) is 0 Å². The summed E-state index contributed by atoms with van der Waals surface area (Å²) in [5, 5.41) is 10.4. The van der Waals surface area contributed by atoms with Crippen LogP contribution in [0.2, 0.25) is 0 Å². The Morgan fingerprint density at radius 1 is 1.00 bits per heavy atom. The molecule has 0 radical (unpaired) electrons. The maximum Gasteiger partial charge on any atom is 0.188 e. The number of aldehydes is 1. The van der Waals surface area contributed by atoms with Crippen molar-refractivity contribution in [2.75, 3.05) is 34.9 Å². The lowest BCUT2D eigenvalue weighted by Crippen LogP contribution is -2.24. The Bertz CT molecular complexity index is 618. The molecule has 0 bridgehead atoms. The van der Waals surface area contributed by atoms with E-state index in [2.05, 4.69) is 6.58 Å². The van der Waals surface area contributed by atoms with E-state index in [0.717, 1.165) is 0 Å². The van der Waals surface area contributed by atoms with E-state index in [9.17, 15) is 9.90 Å². The normalized spacial score (nSPS) is 11.2. The van der Waals surface area contributed by atoms with Crippen molar-refractivity contribution in [1.82, 2.24) is 0 Å². The number of aliphatic hydroxyl groups is 1. The minimum atomic E-state index is -1.07. The number of hydrogen-bond donors (Lipinski definition) is 1. The zero-order valence-corrected chi connectivity index (χ0v) is 16.1. The number of carbonyl (C=O) groups excluding carboxylic acids is 1. The van der Waals surface area contributed by atoms with Crippen LogP contribution < -0.4 is 14.2 Å². The summed E-state index contributed by atoms with van der Waals surface area (Å²) in [6.45, 7) is 6.98. The van der Waals surface area contributed by atoms with Gasteiger partial charge in [0.05, 0.1) is 18.3 Å². The monoisotopic (exact) mass is 368 g/mol. The van der Waals surface area contributed by atoms with E-state index >= 15 is 0 Å². The van der Waals surface area contributed by atoms with Crippen molar-refractivity contribution in [2.45, 2.75) is 32.3 Å². The van der Waals surface area contributed by atoms with Crippen LogP contribution in [0.5, 0.6) is 17.2 Å². The zero-order chi connectivity index (χ0) is 19.7. The summed E-state index contributed by atoms with van der Waals surface area (Å²) in [4.78, 5) is 11.8. The molecule has 1 rings (SSSR count). The Kier molecular flexibility index (Phi) is 8.57. The van der Waals surface area contributed by atoms with E-state index in [1.807, 2.05) is 0 Å². The third-order valence-electron chi connectivity index (χ3n) is 3.51. The Morgan fingerprint density at radius 2 is 1.58 bits per heavy atom. The summed E-state index contributed by atoms with van der Waals surface area (Å²) in [6, 6.07) is 0. The third kappa shape index (κ3) is 5.45. The first-order valence-electron chi connectivity index (χ1n) is 8.12. The maximum absolute atomic E-state index is 11.8. The Labute approximate surface area is 154 Å². The molecule has 0 heterocycles. The zero-order valence-electron chi connectivity index (χ0n) is 16.1. The van der Waals surface area contributed by atoms with Crippen molar-refractivity contribution in [3.63, 3.8) is 0 Å². The fourth-order valence-corrected chi connectivity index (χ4v) is 2.65. The highest BCUT2D eigenvalue weighted by atomic mass is 16.7. The highest BCUT2D eigenvalue weighted by Crippen LogP contribution is 2.45. The molecule has 0 aliphatic rings. The van der Waals surface area contributed by atoms with Crippen LogP contribution in [0.3, 0.4) is 0 Å². The van der Waals surface area contributed by atoms with Gasteiger partial charge in [-0.25, -0.2) is 0 Å². The molecular weight excluding hydrogens is 340 g/mol. The molecule has 0 aliphatic carbocycles. The molecule has 26 heavy (non-hydrogen) atoms. The Hall–Kier alpha value is -2.09. The van der Waals surface area contributed by atoms with Gasteiger partial charge in [-0.05, 0) is 20.3 Å². The topological polar surface area (TPSA) is 83.5 Å². The predicted molar refractivity (Wildman–Crippen MR) is 97.3 cm³/mol. The van der Waals surface area contributed by atoms with E-state index in [0.29, 0.717) is 35.3 Å². The van der Waals surface area contributed by atoms with Gasteiger partial charge in [0.15, 0.2) is 19.9 Å². The highest BCUT2D eigenvalue weighted by molar-refractivity contribution is 5.87. The van der Waals surface area contributed by atoms with E-state index in [1.165, 1.54) is 21.3 Å². The van der Waals surface area contributed by atoms with Crippen LogP contribution in [0.1, 0.15) is 35.3 Å². The number of hydrogen-bond acceptors (Lipinski definition) is 7. The molecule has 146 valence electrons. The van der Waals surface area contributed by atoms with E-state index < -0.39 is 5.60 Å². The number of methoxy groups -OCH3 is 3. The molecule has 0 amide bonds. The molecule has 0 saturated heterocycles. The minimum Gasteiger partial charge on any atom is -0.495 e. The van der Waals surface area contributed by atoms with Gasteiger partial charge in [0.25, 0.3) is 0 Å². The summed E-state index contributed by atoms with van der Waals surface area (Å²) < 4.78 is 26.9. The van der Waals surface area contributed by atoms with Crippen LogP contribution in [0.4, 0.5) is 0 Å². The third-order valence-corrected chi connectivity index (χ3v) is 3.51. The van der Waals surface area contributed by atoms with Gasteiger partial charge in [0.1, 0.15) is 17.2 Å². The number of allylic oxidation sites excluding steroid dienone is 1. The van der Waals surface area contributed by atoms with Gasteiger partial charge in [-0.15, -0.1) is 6.58 Å². The SMILES string of the molecule is C=CCc1c(OC)c(C=O)c(OCOC)c(CC(C)(C)O)c1OCOC. The van der Waals surface area contributed by atoms with Crippen molar-refractivity contribution in [3.05, 3.63) is 29.3 Å². The summed E-state index contributed by atoms with van der Waals surface area (Å²) in [5.74, 6) is 1.01. The fraction of sp³-hybridized carbons (Fsp3) is 0.526. The second-order valence-electron chi connectivity index (χ2n) is 6.26. The van der Waals surface area contributed by atoms with Crippen molar-refractivity contribution in [3.8, 4) is 17.2 Å². The second-order valence-corrected chi connectivity index (χ2v) is 6.26. The van der Waals surface area contributed by atoms with E-state index in [4.69, 9.17) is 23.7 Å². The molecule has 0 atom stereocenters. The molecule has 7 nitrogen and oxygen atoms in total. The summed E-state index contributed by atoms with van der Waals surface area (Å²) in [5.41, 5.74) is 0.318. The molecule has 0 aliphatic heterocycles. The van der Waals surface area contributed by atoms with Crippen LogP contribution in [0.15, 0.2) is 12.7 Å². The highest BCUT2D eigenvalue weighted by Gasteiger charge is 2.29. The Morgan fingerprint density at radius 3 is 2.00 bits per heavy atom. The minimum absolute atomic E-state index is 0.0176. The van der Waals surface area contributed by atoms with Gasteiger partial charge >= 0.3 is 0 Å².